The van der Waals surface area contributed by atoms with E-state index in [0.717, 1.165) is 42.5 Å². The second kappa shape index (κ2) is 11.0. The first-order valence-electron chi connectivity index (χ1n) is 14.6. The third kappa shape index (κ3) is 5.23. The van der Waals surface area contributed by atoms with E-state index in [4.69, 9.17) is 16.7 Å². The fourth-order valence-corrected chi connectivity index (χ4v) is 7.02. The van der Waals surface area contributed by atoms with E-state index in [-0.39, 0.29) is 28.3 Å². The van der Waals surface area contributed by atoms with E-state index in [9.17, 15) is 23.9 Å². The number of aromatic nitrogens is 2. The summed E-state index contributed by atoms with van der Waals surface area (Å²) < 4.78 is 16.0. The van der Waals surface area contributed by atoms with Crippen LogP contribution in [0.5, 0.6) is 0 Å². The lowest BCUT2D eigenvalue weighted by Crippen LogP contribution is -2.39. The summed E-state index contributed by atoms with van der Waals surface area (Å²) in [7, 11) is 4.06. The van der Waals surface area contributed by atoms with Gasteiger partial charge in [0.25, 0.3) is 5.91 Å². The zero-order valence-electron chi connectivity index (χ0n) is 23.5. The summed E-state index contributed by atoms with van der Waals surface area (Å²) in [5.74, 6) is -2.36. The van der Waals surface area contributed by atoms with Crippen molar-refractivity contribution in [3.8, 4) is 0 Å². The van der Waals surface area contributed by atoms with E-state index >= 15 is 0 Å². The highest BCUT2D eigenvalue weighted by Gasteiger charge is 2.39. The number of carbonyl (C=O) groups excluding carboxylic acids is 2. The molecule has 10 heteroatoms. The van der Waals surface area contributed by atoms with Gasteiger partial charge in [-0.3, -0.25) is 14.4 Å². The molecular weight excluding hydrogens is 547 g/mol. The average molecular weight is 583 g/mol. The van der Waals surface area contributed by atoms with E-state index in [0.29, 0.717) is 62.5 Å². The highest BCUT2D eigenvalue weighted by atomic mass is 35.5. The Hall–Kier alpha value is -3.04. The monoisotopic (exact) mass is 582 g/mol. The Balaban J connectivity index is 1.37. The van der Waals surface area contributed by atoms with Crippen molar-refractivity contribution in [2.75, 3.05) is 27.2 Å². The first-order chi connectivity index (χ1) is 19.6. The number of carboxylic acid groups (broad SMARTS) is 1. The standard InChI is InChI=1S/C31H36ClFN4O4/c1-35(2)21-13-14-36(16-21)29(38)20-9-10-23-25(15-20)37(34-28(23)18-5-7-19(8-6-18)31(40)41)30(39)26-22(17-3-4-17)11-12-24(33)27(26)32/h5,11-12,17,19-21H,3-4,6-10,13-16H2,1-2H3,(H,40,41)/t19?,20?,21-/m1/s1. The molecule has 2 aromatic rings. The van der Waals surface area contributed by atoms with Gasteiger partial charge in [-0.1, -0.05) is 23.7 Å². The summed E-state index contributed by atoms with van der Waals surface area (Å²) in [6.07, 6.45) is 7.76. The van der Waals surface area contributed by atoms with Crippen LogP contribution >= 0.6 is 11.6 Å². The van der Waals surface area contributed by atoms with Crippen molar-refractivity contribution < 1.29 is 23.9 Å². The molecule has 1 aromatic carbocycles. The first kappa shape index (κ1) is 28.1. The van der Waals surface area contributed by atoms with Gasteiger partial charge in [-0.05, 0) is 88.6 Å². The fraction of sp³-hybridized carbons (Fsp3) is 0.548. The summed E-state index contributed by atoms with van der Waals surface area (Å²) in [5.41, 5.74) is 4.12. The quantitative estimate of drug-likeness (QED) is 0.527. The predicted molar refractivity (Wildman–Crippen MR) is 152 cm³/mol. The Morgan fingerprint density at radius 3 is 2.46 bits per heavy atom. The molecule has 2 fully saturated rings. The number of likely N-dealkylation sites (tertiary alicyclic amines) is 1. The molecular formula is C31H36ClFN4O4. The number of carbonyl (C=O) groups is 3. The molecule has 1 saturated heterocycles. The van der Waals surface area contributed by atoms with Gasteiger partial charge in [0.15, 0.2) is 0 Å². The third-order valence-electron chi connectivity index (χ3n) is 9.44. The van der Waals surface area contributed by atoms with Crippen molar-refractivity contribution in [1.29, 1.82) is 0 Å². The third-order valence-corrected chi connectivity index (χ3v) is 9.81. The normalized spacial score (nSPS) is 24.4. The molecule has 8 nitrogen and oxygen atoms in total. The number of allylic oxidation sites excluding steroid dienone is 2. The van der Waals surface area contributed by atoms with Crippen LogP contribution in [-0.2, 0) is 22.4 Å². The topological polar surface area (TPSA) is 95.7 Å². The van der Waals surface area contributed by atoms with E-state index in [1.165, 1.54) is 10.7 Å². The molecule has 0 radical (unpaired) electrons. The van der Waals surface area contributed by atoms with E-state index in [2.05, 4.69) is 4.90 Å². The van der Waals surface area contributed by atoms with Crippen molar-refractivity contribution in [1.82, 2.24) is 19.6 Å². The lowest BCUT2D eigenvalue weighted by atomic mass is 9.82. The highest BCUT2D eigenvalue weighted by Crippen LogP contribution is 2.44. The van der Waals surface area contributed by atoms with Crippen molar-refractivity contribution >= 4 is 35.0 Å². The number of hydrogen-bond acceptors (Lipinski definition) is 5. The number of benzene rings is 1. The first-order valence-corrected chi connectivity index (χ1v) is 15.0. The second-order valence-electron chi connectivity index (χ2n) is 12.3. The molecule has 1 aliphatic heterocycles. The number of carboxylic acids is 1. The van der Waals surface area contributed by atoms with Gasteiger partial charge in [-0.15, -0.1) is 0 Å². The smallest absolute Gasteiger partial charge is 0.306 e. The molecule has 2 heterocycles. The SMILES string of the molecule is CN(C)[C@@H]1CCN(C(=O)C2CCc3c(C4=CCC(C(=O)O)CC4)nn(C(=O)c4c(C5CC5)ccc(F)c4Cl)c3C2)C1. The minimum Gasteiger partial charge on any atom is -0.481 e. The van der Waals surface area contributed by atoms with Crippen LogP contribution in [0.4, 0.5) is 4.39 Å². The largest absolute Gasteiger partial charge is 0.481 e. The van der Waals surface area contributed by atoms with Gasteiger partial charge >= 0.3 is 5.97 Å². The van der Waals surface area contributed by atoms with Crippen LogP contribution in [-0.4, -0.2) is 75.7 Å². The minimum absolute atomic E-state index is 0.102. The fourth-order valence-electron chi connectivity index (χ4n) is 6.77. The highest BCUT2D eigenvalue weighted by molar-refractivity contribution is 6.34. The summed E-state index contributed by atoms with van der Waals surface area (Å²) >= 11 is 6.44. The van der Waals surface area contributed by atoms with Gasteiger partial charge in [-0.2, -0.15) is 9.78 Å². The van der Waals surface area contributed by atoms with Crippen LogP contribution in [0.3, 0.4) is 0 Å². The van der Waals surface area contributed by atoms with Gasteiger partial charge in [0.2, 0.25) is 5.91 Å². The Bertz CT molecular complexity index is 1450. The Labute approximate surface area is 244 Å². The van der Waals surface area contributed by atoms with Gasteiger partial charge < -0.3 is 14.9 Å². The maximum Gasteiger partial charge on any atom is 0.306 e. The zero-order valence-corrected chi connectivity index (χ0v) is 24.3. The Kier molecular flexibility index (Phi) is 7.53. The molecule has 1 aromatic heterocycles. The number of rotatable bonds is 6. The zero-order chi connectivity index (χ0) is 29.0. The Morgan fingerprint density at radius 2 is 1.83 bits per heavy atom. The van der Waals surface area contributed by atoms with Crippen molar-refractivity contribution in [2.45, 2.75) is 69.7 Å². The van der Waals surface area contributed by atoms with Crippen LogP contribution in [0.2, 0.25) is 5.02 Å². The number of likely N-dealkylation sites (N-methyl/N-ethyl adjacent to an activating group) is 1. The van der Waals surface area contributed by atoms with E-state index in [1.807, 2.05) is 25.1 Å². The van der Waals surface area contributed by atoms with Gasteiger partial charge in [0.1, 0.15) is 5.82 Å². The number of halogens is 2. The molecule has 41 heavy (non-hydrogen) atoms. The second-order valence-corrected chi connectivity index (χ2v) is 12.6. The summed E-state index contributed by atoms with van der Waals surface area (Å²) in [4.78, 5) is 43.4. The number of fused-ring (bicyclic) bond motifs is 1. The number of amides is 1. The van der Waals surface area contributed by atoms with Gasteiger partial charge in [-0.25, -0.2) is 4.39 Å². The molecule has 1 amide bonds. The van der Waals surface area contributed by atoms with Gasteiger partial charge in [0.05, 0.1) is 27.9 Å². The lowest BCUT2D eigenvalue weighted by Gasteiger charge is -2.28. The molecule has 6 rings (SSSR count). The molecule has 0 spiro atoms. The molecule has 3 aliphatic carbocycles. The number of nitrogens with zero attached hydrogens (tertiary/aromatic N) is 4. The van der Waals surface area contributed by atoms with Crippen LogP contribution in [0.15, 0.2) is 18.2 Å². The lowest BCUT2D eigenvalue weighted by molar-refractivity contribution is -0.142. The average Bonchev–Trinajstić information content (AvgIpc) is 3.55. The number of aliphatic carboxylic acids is 1. The van der Waals surface area contributed by atoms with Crippen molar-refractivity contribution in [3.63, 3.8) is 0 Å². The molecule has 1 N–H and O–H groups in total. The van der Waals surface area contributed by atoms with E-state index < -0.39 is 23.6 Å². The Morgan fingerprint density at radius 1 is 1.07 bits per heavy atom. The minimum atomic E-state index is -0.809. The van der Waals surface area contributed by atoms with Crippen LogP contribution in [0, 0.1) is 17.7 Å². The van der Waals surface area contributed by atoms with Crippen LogP contribution in [0.25, 0.3) is 5.57 Å². The summed E-state index contributed by atoms with van der Waals surface area (Å²) in [5, 5.41) is 14.1. The molecule has 218 valence electrons. The summed E-state index contributed by atoms with van der Waals surface area (Å²) in [6, 6.07) is 3.30. The molecule has 3 atom stereocenters. The predicted octanol–water partition coefficient (Wildman–Crippen LogP) is 4.78. The van der Waals surface area contributed by atoms with Crippen LogP contribution in [0.1, 0.15) is 83.7 Å². The van der Waals surface area contributed by atoms with E-state index in [1.54, 1.807) is 6.07 Å². The molecule has 1 saturated carbocycles. The summed E-state index contributed by atoms with van der Waals surface area (Å²) in [6.45, 7) is 1.41. The van der Waals surface area contributed by atoms with Crippen LogP contribution < -0.4 is 0 Å². The maximum atomic E-state index is 14.7. The van der Waals surface area contributed by atoms with Crippen molar-refractivity contribution in [2.24, 2.45) is 11.8 Å². The molecule has 4 aliphatic rings. The molecule has 0 bridgehead atoms. The maximum absolute atomic E-state index is 14.7. The molecule has 2 unspecified atom stereocenters. The number of hydrogen-bond donors (Lipinski definition) is 1. The van der Waals surface area contributed by atoms with Gasteiger partial charge in [0, 0.05) is 37.0 Å². The van der Waals surface area contributed by atoms with Crippen molar-refractivity contribution in [3.05, 3.63) is 57.1 Å².